The average molecular weight is 290 g/mol. The van der Waals surface area contributed by atoms with Gasteiger partial charge in [0.25, 0.3) is 5.91 Å². The largest absolute Gasteiger partial charge is 0.478 e. The zero-order valence-corrected chi connectivity index (χ0v) is 11.9. The van der Waals surface area contributed by atoms with Gasteiger partial charge in [-0.15, -0.1) is 0 Å². The molecule has 6 nitrogen and oxygen atoms in total. The van der Waals surface area contributed by atoms with Crippen molar-refractivity contribution in [3.05, 3.63) is 35.4 Å². The molecule has 0 bridgehead atoms. The number of carbonyl (C=O) groups excluding carboxylic acids is 2. The third-order valence-corrected chi connectivity index (χ3v) is 3.57. The standard InChI is InChI=1S/C15H18N2O4/c1-16(10-13(18)17-8-4-5-9-17)14(19)11-6-2-3-7-12(11)15(20)21/h2-3,6-7H,4-5,8-10H2,1H3,(H,20,21). The van der Waals surface area contributed by atoms with Crippen LogP contribution in [-0.4, -0.2) is 59.4 Å². The molecule has 0 saturated carbocycles. The van der Waals surface area contributed by atoms with E-state index in [0.29, 0.717) is 0 Å². The summed E-state index contributed by atoms with van der Waals surface area (Å²) in [4.78, 5) is 38.5. The average Bonchev–Trinajstić information content (AvgIpc) is 3.00. The molecule has 1 aliphatic rings. The van der Waals surface area contributed by atoms with Gasteiger partial charge in [0.2, 0.25) is 5.91 Å². The minimum absolute atomic E-state index is 0.0349. The molecule has 2 amide bonds. The highest BCUT2D eigenvalue weighted by molar-refractivity contribution is 6.05. The maximum atomic E-state index is 12.3. The number of aromatic carboxylic acids is 1. The molecule has 0 spiro atoms. The number of hydrogen-bond donors (Lipinski definition) is 1. The van der Waals surface area contributed by atoms with Crippen molar-refractivity contribution in [3.8, 4) is 0 Å². The number of likely N-dealkylation sites (tertiary alicyclic amines) is 1. The lowest BCUT2D eigenvalue weighted by Crippen LogP contribution is -2.40. The van der Waals surface area contributed by atoms with Crippen LogP contribution in [-0.2, 0) is 4.79 Å². The number of hydrogen-bond acceptors (Lipinski definition) is 3. The van der Waals surface area contributed by atoms with Crippen LogP contribution in [0.25, 0.3) is 0 Å². The van der Waals surface area contributed by atoms with E-state index >= 15 is 0 Å². The van der Waals surface area contributed by atoms with E-state index in [1.165, 1.54) is 24.1 Å². The number of likely N-dealkylation sites (N-methyl/N-ethyl adjacent to an activating group) is 1. The maximum Gasteiger partial charge on any atom is 0.336 e. The Labute approximate surface area is 123 Å². The number of carboxylic acids is 1. The van der Waals surface area contributed by atoms with Gasteiger partial charge in [-0.1, -0.05) is 12.1 Å². The number of benzene rings is 1. The van der Waals surface area contributed by atoms with Gasteiger partial charge in [-0.25, -0.2) is 4.79 Å². The molecule has 0 aliphatic carbocycles. The Balaban J connectivity index is 2.09. The molecule has 1 N–H and O–H groups in total. The lowest BCUT2D eigenvalue weighted by atomic mass is 10.1. The summed E-state index contributed by atoms with van der Waals surface area (Å²) in [6.07, 6.45) is 1.98. The Morgan fingerprint density at radius 3 is 2.29 bits per heavy atom. The van der Waals surface area contributed by atoms with Gasteiger partial charge in [0, 0.05) is 20.1 Å². The van der Waals surface area contributed by atoms with Gasteiger partial charge in [0.15, 0.2) is 0 Å². The van der Waals surface area contributed by atoms with Crippen LogP contribution in [0.3, 0.4) is 0 Å². The van der Waals surface area contributed by atoms with E-state index in [9.17, 15) is 14.4 Å². The second kappa shape index (κ2) is 6.39. The van der Waals surface area contributed by atoms with Crippen molar-refractivity contribution in [1.82, 2.24) is 9.80 Å². The first-order chi connectivity index (χ1) is 10.0. The summed E-state index contributed by atoms with van der Waals surface area (Å²) < 4.78 is 0. The molecule has 1 aliphatic heterocycles. The molecule has 2 rings (SSSR count). The Morgan fingerprint density at radius 1 is 1.14 bits per heavy atom. The maximum absolute atomic E-state index is 12.3. The van der Waals surface area contributed by atoms with Crippen molar-refractivity contribution in [2.45, 2.75) is 12.8 Å². The van der Waals surface area contributed by atoms with Crippen LogP contribution in [0.5, 0.6) is 0 Å². The third kappa shape index (κ3) is 3.39. The van der Waals surface area contributed by atoms with E-state index in [-0.39, 0.29) is 23.6 Å². The molecule has 0 unspecified atom stereocenters. The first kappa shape index (κ1) is 15.0. The van der Waals surface area contributed by atoms with Gasteiger partial charge >= 0.3 is 5.97 Å². The van der Waals surface area contributed by atoms with Crippen LogP contribution in [0, 0.1) is 0 Å². The third-order valence-electron chi connectivity index (χ3n) is 3.57. The lowest BCUT2D eigenvalue weighted by Gasteiger charge is -2.21. The van der Waals surface area contributed by atoms with Crippen LogP contribution in [0.4, 0.5) is 0 Å². The lowest BCUT2D eigenvalue weighted by molar-refractivity contribution is -0.130. The van der Waals surface area contributed by atoms with E-state index in [4.69, 9.17) is 5.11 Å². The van der Waals surface area contributed by atoms with Crippen molar-refractivity contribution in [3.63, 3.8) is 0 Å². The molecule has 1 aromatic carbocycles. The van der Waals surface area contributed by atoms with Crippen molar-refractivity contribution in [1.29, 1.82) is 0 Å². The van der Waals surface area contributed by atoms with Gasteiger partial charge in [-0.05, 0) is 25.0 Å². The van der Waals surface area contributed by atoms with Gasteiger partial charge < -0.3 is 14.9 Å². The summed E-state index contributed by atoms with van der Waals surface area (Å²) in [5.74, 6) is -1.71. The fourth-order valence-corrected chi connectivity index (χ4v) is 2.40. The van der Waals surface area contributed by atoms with E-state index in [1.807, 2.05) is 0 Å². The topological polar surface area (TPSA) is 77.9 Å². The van der Waals surface area contributed by atoms with Crippen molar-refractivity contribution in [2.24, 2.45) is 0 Å². The van der Waals surface area contributed by atoms with E-state index in [1.54, 1.807) is 17.0 Å². The van der Waals surface area contributed by atoms with Crippen LogP contribution in [0.2, 0.25) is 0 Å². The minimum atomic E-state index is -1.15. The predicted molar refractivity (Wildman–Crippen MR) is 76.2 cm³/mol. The first-order valence-corrected chi connectivity index (χ1v) is 6.86. The number of nitrogens with zero attached hydrogens (tertiary/aromatic N) is 2. The molecule has 21 heavy (non-hydrogen) atoms. The van der Waals surface area contributed by atoms with Gasteiger partial charge in [-0.2, -0.15) is 0 Å². The van der Waals surface area contributed by atoms with E-state index < -0.39 is 11.9 Å². The fraction of sp³-hybridized carbons (Fsp3) is 0.400. The summed E-state index contributed by atoms with van der Waals surface area (Å²) in [7, 11) is 1.51. The minimum Gasteiger partial charge on any atom is -0.478 e. The molecular formula is C15H18N2O4. The molecule has 0 atom stereocenters. The summed E-state index contributed by atoms with van der Waals surface area (Å²) >= 11 is 0. The van der Waals surface area contributed by atoms with Crippen LogP contribution >= 0.6 is 0 Å². The number of amides is 2. The Hall–Kier alpha value is -2.37. The van der Waals surface area contributed by atoms with Crippen LogP contribution in [0.1, 0.15) is 33.6 Å². The zero-order chi connectivity index (χ0) is 15.4. The molecule has 0 aromatic heterocycles. The number of carbonyl (C=O) groups is 3. The second-order valence-electron chi connectivity index (χ2n) is 5.10. The Bertz CT molecular complexity index is 565. The Kier molecular flexibility index (Phi) is 4.57. The van der Waals surface area contributed by atoms with E-state index in [2.05, 4.69) is 0 Å². The van der Waals surface area contributed by atoms with Crippen molar-refractivity contribution in [2.75, 3.05) is 26.7 Å². The smallest absolute Gasteiger partial charge is 0.336 e. The highest BCUT2D eigenvalue weighted by Gasteiger charge is 2.24. The number of rotatable bonds is 4. The van der Waals surface area contributed by atoms with Crippen molar-refractivity contribution < 1.29 is 19.5 Å². The van der Waals surface area contributed by atoms with E-state index in [0.717, 1.165) is 25.9 Å². The summed E-state index contributed by atoms with van der Waals surface area (Å²) in [5, 5.41) is 9.10. The predicted octanol–water partition coefficient (Wildman–Crippen LogP) is 1.08. The number of carboxylic acid groups (broad SMARTS) is 1. The molecule has 112 valence electrons. The molecule has 1 saturated heterocycles. The zero-order valence-electron chi connectivity index (χ0n) is 11.9. The van der Waals surface area contributed by atoms with Gasteiger partial charge in [0.1, 0.15) is 0 Å². The molecule has 1 heterocycles. The molecule has 0 radical (unpaired) electrons. The highest BCUT2D eigenvalue weighted by atomic mass is 16.4. The molecular weight excluding hydrogens is 272 g/mol. The summed E-state index contributed by atoms with van der Waals surface area (Å²) in [6, 6.07) is 6.01. The monoisotopic (exact) mass is 290 g/mol. The molecule has 1 fully saturated rings. The SMILES string of the molecule is CN(CC(=O)N1CCCC1)C(=O)c1ccccc1C(=O)O. The fourth-order valence-electron chi connectivity index (χ4n) is 2.40. The normalized spacial score (nSPS) is 14.0. The van der Waals surface area contributed by atoms with Gasteiger partial charge in [-0.3, -0.25) is 9.59 Å². The van der Waals surface area contributed by atoms with Crippen LogP contribution in [0.15, 0.2) is 24.3 Å². The highest BCUT2D eigenvalue weighted by Crippen LogP contribution is 2.12. The Morgan fingerprint density at radius 2 is 1.71 bits per heavy atom. The molecule has 6 heteroatoms. The van der Waals surface area contributed by atoms with Gasteiger partial charge in [0.05, 0.1) is 17.7 Å². The summed E-state index contributed by atoms with van der Waals surface area (Å²) in [6.45, 7) is 1.42. The second-order valence-corrected chi connectivity index (χ2v) is 5.10. The van der Waals surface area contributed by atoms with Crippen molar-refractivity contribution >= 4 is 17.8 Å². The quantitative estimate of drug-likeness (QED) is 0.900. The first-order valence-electron chi connectivity index (χ1n) is 6.86. The molecule has 1 aromatic rings. The van der Waals surface area contributed by atoms with Crippen LogP contribution < -0.4 is 0 Å². The summed E-state index contributed by atoms with van der Waals surface area (Å²) in [5.41, 5.74) is 0.0460.